The van der Waals surface area contributed by atoms with Gasteiger partial charge in [0.05, 0.1) is 34.1 Å². The van der Waals surface area contributed by atoms with Gasteiger partial charge in [0.1, 0.15) is 5.75 Å². The predicted molar refractivity (Wildman–Crippen MR) is 137 cm³/mol. The van der Waals surface area contributed by atoms with Crippen molar-refractivity contribution in [2.24, 2.45) is 0 Å². The quantitative estimate of drug-likeness (QED) is 0.358. The van der Waals surface area contributed by atoms with Gasteiger partial charge in [-0.1, -0.05) is 29.8 Å². The van der Waals surface area contributed by atoms with E-state index in [0.29, 0.717) is 39.4 Å². The average molecular weight is 483 g/mol. The molecule has 0 bridgehead atoms. The maximum absolute atomic E-state index is 12.6. The lowest BCUT2D eigenvalue weighted by Gasteiger charge is -2.13. The number of halogens is 1. The van der Waals surface area contributed by atoms with E-state index in [9.17, 15) is 4.79 Å². The monoisotopic (exact) mass is 482 g/mol. The van der Waals surface area contributed by atoms with Gasteiger partial charge in [0.25, 0.3) is 0 Å². The van der Waals surface area contributed by atoms with Crippen LogP contribution < -0.4 is 29.6 Å². The topological polar surface area (TPSA) is 78.1 Å². The predicted octanol–water partition coefficient (Wildman–Crippen LogP) is 6.50. The molecule has 34 heavy (non-hydrogen) atoms. The fourth-order valence-corrected chi connectivity index (χ4v) is 3.44. The van der Waals surface area contributed by atoms with E-state index < -0.39 is 6.03 Å². The van der Waals surface area contributed by atoms with Crippen LogP contribution in [-0.4, -0.2) is 34.5 Å². The number of hydrogen-bond acceptors (Lipinski definition) is 5. The van der Waals surface area contributed by atoms with E-state index in [1.807, 2.05) is 43.3 Å². The Morgan fingerprint density at radius 1 is 0.765 bits per heavy atom. The molecule has 0 unspecified atom stereocenters. The van der Waals surface area contributed by atoms with E-state index in [2.05, 4.69) is 10.6 Å². The second-order valence-corrected chi connectivity index (χ2v) is 7.70. The Labute approximate surface area is 204 Å². The third-order valence-corrected chi connectivity index (χ3v) is 5.47. The first kappa shape index (κ1) is 24.8. The molecule has 3 aromatic rings. The SMILES string of the molecule is COc1ccc(/C=C\c2cc(OC)c(OC)c(OC)c2)cc1NC(=O)Nc1ccc(Cl)c(C)c1. The number of rotatable bonds is 8. The van der Waals surface area contributed by atoms with Gasteiger partial charge < -0.3 is 29.6 Å². The number of benzene rings is 3. The van der Waals surface area contributed by atoms with Crippen LogP contribution in [-0.2, 0) is 0 Å². The van der Waals surface area contributed by atoms with Crippen LogP contribution in [0.4, 0.5) is 16.2 Å². The number of ether oxygens (including phenoxy) is 4. The minimum Gasteiger partial charge on any atom is -0.495 e. The Bertz CT molecular complexity index is 1180. The van der Waals surface area contributed by atoms with E-state index in [1.54, 1.807) is 52.7 Å². The summed E-state index contributed by atoms with van der Waals surface area (Å²) in [5.74, 6) is 2.19. The summed E-state index contributed by atoms with van der Waals surface area (Å²) in [4.78, 5) is 12.6. The molecule has 0 aliphatic heterocycles. The van der Waals surface area contributed by atoms with Crippen molar-refractivity contribution >= 4 is 41.2 Å². The van der Waals surface area contributed by atoms with Crippen molar-refractivity contribution in [1.82, 2.24) is 0 Å². The summed E-state index contributed by atoms with van der Waals surface area (Å²) in [6.07, 6.45) is 3.82. The molecule has 0 atom stereocenters. The van der Waals surface area contributed by atoms with Gasteiger partial charge in [-0.2, -0.15) is 0 Å². The third kappa shape index (κ3) is 5.94. The highest BCUT2D eigenvalue weighted by Gasteiger charge is 2.12. The molecule has 0 aliphatic carbocycles. The second kappa shape index (κ2) is 11.3. The Morgan fingerprint density at radius 3 is 2.00 bits per heavy atom. The van der Waals surface area contributed by atoms with Gasteiger partial charge in [0.15, 0.2) is 11.5 Å². The molecule has 0 spiro atoms. The van der Waals surface area contributed by atoms with Crippen LogP contribution in [0, 0.1) is 6.92 Å². The largest absolute Gasteiger partial charge is 0.495 e. The highest BCUT2D eigenvalue weighted by atomic mass is 35.5. The maximum atomic E-state index is 12.6. The highest BCUT2D eigenvalue weighted by molar-refractivity contribution is 6.31. The first-order chi connectivity index (χ1) is 16.4. The minimum atomic E-state index is -0.397. The van der Waals surface area contributed by atoms with Crippen molar-refractivity contribution in [1.29, 1.82) is 0 Å². The molecule has 2 amide bonds. The maximum Gasteiger partial charge on any atom is 0.323 e. The van der Waals surface area contributed by atoms with Crippen molar-refractivity contribution in [2.75, 3.05) is 39.1 Å². The molecule has 178 valence electrons. The number of methoxy groups -OCH3 is 4. The summed E-state index contributed by atoms with van der Waals surface area (Å²) in [5.41, 5.74) is 3.74. The molecular formula is C26H27ClN2O5. The van der Waals surface area contributed by atoms with E-state index in [1.165, 1.54) is 0 Å². The first-order valence-corrected chi connectivity index (χ1v) is 10.8. The van der Waals surface area contributed by atoms with Crippen LogP contribution in [0.3, 0.4) is 0 Å². The normalized spacial score (nSPS) is 10.6. The zero-order valence-corrected chi connectivity index (χ0v) is 20.4. The molecular weight excluding hydrogens is 456 g/mol. The fraction of sp³-hybridized carbons (Fsp3) is 0.192. The number of amides is 2. The summed E-state index contributed by atoms with van der Waals surface area (Å²) < 4.78 is 21.6. The summed E-state index contributed by atoms with van der Waals surface area (Å²) in [5, 5.41) is 6.28. The lowest BCUT2D eigenvalue weighted by molar-refractivity contribution is 0.262. The van der Waals surface area contributed by atoms with Crippen LogP contribution in [0.2, 0.25) is 5.02 Å². The van der Waals surface area contributed by atoms with Crippen molar-refractivity contribution in [3.05, 3.63) is 70.2 Å². The van der Waals surface area contributed by atoms with Gasteiger partial charge in [-0.3, -0.25) is 0 Å². The number of nitrogens with one attached hydrogen (secondary N) is 2. The van der Waals surface area contributed by atoms with Crippen molar-refractivity contribution in [3.63, 3.8) is 0 Å². The number of anilines is 2. The Hall–Kier alpha value is -3.84. The van der Waals surface area contributed by atoms with Gasteiger partial charge in [0.2, 0.25) is 5.75 Å². The van der Waals surface area contributed by atoms with Gasteiger partial charge in [0, 0.05) is 10.7 Å². The third-order valence-electron chi connectivity index (χ3n) is 5.04. The van der Waals surface area contributed by atoms with Crippen LogP contribution in [0.1, 0.15) is 16.7 Å². The summed E-state index contributed by atoms with van der Waals surface area (Å²) in [7, 11) is 6.25. The highest BCUT2D eigenvalue weighted by Crippen LogP contribution is 2.38. The standard InChI is InChI=1S/C26H27ClN2O5/c1-16-12-19(9-10-20(16)27)28-26(30)29-21-13-17(8-11-22(21)31-2)6-7-18-14-23(32-3)25(34-5)24(15-18)33-4/h6-15H,1-5H3,(H2,28,29,30)/b7-6-. The number of carbonyl (C=O) groups is 1. The lowest BCUT2D eigenvalue weighted by atomic mass is 10.1. The molecule has 0 fully saturated rings. The van der Waals surface area contributed by atoms with Gasteiger partial charge >= 0.3 is 6.03 Å². The Morgan fingerprint density at radius 2 is 1.41 bits per heavy atom. The number of carbonyl (C=O) groups excluding carboxylic acids is 1. The summed E-state index contributed by atoms with van der Waals surface area (Å²) in [6, 6.07) is 14.1. The molecule has 0 aromatic heterocycles. The molecule has 7 nitrogen and oxygen atoms in total. The Balaban J connectivity index is 1.81. The summed E-state index contributed by atoms with van der Waals surface area (Å²) in [6.45, 7) is 1.87. The molecule has 3 rings (SSSR count). The second-order valence-electron chi connectivity index (χ2n) is 7.29. The number of urea groups is 1. The molecule has 0 saturated carbocycles. The molecule has 2 N–H and O–H groups in total. The number of hydrogen-bond donors (Lipinski definition) is 2. The molecule has 8 heteroatoms. The molecule has 0 heterocycles. The lowest BCUT2D eigenvalue weighted by Crippen LogP contribution is -2.20. The van der Waals surface area contributed by atoms with E-state index >= 15 is 0 Å². The van der Waals surface area contributed by atoms with Gasteiger partial charge in [-0.15, -0.1) is 0 Å². The molecule has 0 aliphatic rings. The molecule has 0 saturated heterocycles. The average Bonchev–Trinajstić information content (AvgIpc) is 2.84. The van der Waals surface area contributed by atoms with Crippen LogP contribution in [0.25, 0.3) is 12.2 Å². The van der Waals surface area contributed by atoms with Crippen LogP contribution in [0.5, 0.6) is 23.0 Å². The van der Waals surface area contributed by atoms with Crippen LogP contribution >= 0.6 is 11.6 Å². The zero-order chi connectivity index (χ0) is 24.7. The van der Waals surface area contributed by atoms with Crippen molar-refractivity contribution < 1.29 is 23.7 Å². The van der Waals surface area contributed by atoms with E-state index in [0.717, 1.165) is 16.7 Å². The van der Waals surface area contributed by atoms with Gasteiger partial charge in [-0.25, -0.2) is 4.79 Å². The zero-order valence-electron chi connectivity index (χ0n) is 19.7. The van der Waals surface area contributed by atoms with Crippen molar-refractivity contribution in [3.8, 4) is 23.0 Å². The Kier molecular flexibility index (Phi) is 8.27. The van der Waals surface area contributed by atoms with Crippen molar-refractivity contribution in [2.45, 2.75) is 6.92 Å². The van der Waals surface area contributed by atoms with Gasteiger partial charge in [-0.05, 0) is 66.1 Å². The van der Waals surface area contributed by atoms with E-state index in [-0.39, 0.29) is 0 Å². The number of aryl methyl sites for hydroxylation is 1. The molecule has 0 radical (unpaired) electrons. The summed E-state index contributed by atoms with van der Waals surface area (Å²) >= 11 is 6.06. The molecule has 3 aromatic carbocycles. The van der Waals surface area contributed by atoms with Crippen LogP contribution in [0.15, 0.2) is 48.5 Å². The smallest absolute Gasteiger partial charge is 0.323 e. The first-order valence-electron chi connectivity index (χ1n) is 10.4. The van der Waals surface area contributed by atoms with E-state index in [4.69, 9.17) is 30.5 Å². The minimum absolute atomic E-state index is 0.397. The fourth-order valence-electron chi connectivity index (χ4n) is 3.32.